The Morgan fingerprint density at radius 2 is 2.00 bits per heavy atom. The van der Waals surface area contributed by atoms with Crippen LogP contribution in [-0.4, -0.2) is 79.3 Å². The molecule has 1 heterocycles. The fourth-order valence-electron chi connectivity index (χ4n) is 2.43. The average Bonchev–Trinajstić information content (AvgIpc) is 2.43. The van der Waals surface area contributed by atoms with E-state index < -0.39 is 17.3 Å². The highest BCUT2D eigenvalue weighted by Gasteiger charge is 2.30. The zero-order chi connectivity index (χ0) is 18.4. The normalized spacial score (nSPS) is 21.7. The van der Waals surface area contributed by atoms with Gasteiger partial charge in [0.15, 0.2) is 0 Å². The lowest BCUT2D eigenvalue weighted by Crippen LogP contribution is -2.53. The lowest BCUT2D eigenvalue weighted by molar-refractivity contribution is -0.146. The molecule has 0 aromatic carbocycles. The van der Waals surface area contributed by atoms with Crippen molar-refractivity contribution in [2.45, 2.75) is 51.4 Å². The highest BCUT2D eigenvalue weighted by molar-refractivity contribution is 5.69. The van der Waals surface area contributed by atoms with Gasteiger partial charge in [-0.25, -0.2) is 4.79 Å². The van der Waals surface area contributed by atoms with Crippen molar-refractivity contribution in [3.05, 3.63) is 0 Å². The number of carbonyl (C=O) groups is 2. The number of hydrogen-bond acceptors (Lipinski definition) is 7. The summed E-state index contributed by atoms with van der Waals surface area (Å²) in [7, 11) is 1.34. The van der Waals surface area contributed by atoms with Crippen molar-refractivity contribution in [2.24, 2.45) is 0 Å². The molecule has 0 bridgehead atoms. The Hall–Kier alpha value is -1.38. The van der Waals surface area contributed by atoms with Gasteiger partial charge in [-0.2, -0.15) is 0 Å². The molecule has 1 aliphatic rings. The van der Waals surface area contributed by atoms with E-state index in [1.807, 2.05) is 4.90 Å². The molecule has 2 unspecified atom stereocenters. The number of methoxy groups -OCH3 is 1. The second kappa shape index (κ2) is 8.64. The molecule has 2 N–H and O–H groups in total. The Morgan fingerprint density at radius 1 is 1.33 bits per heavy atom. The summed E-state index contributed by atoms with van der Waals surface area (Å²) < 4.78 is 15.3. The number of hydrogen-bond donors (Lipinski definition) is 2. The summed E-state index contributed by atoms with van der Waals surface area (Å²) in [6.45, 7) is 9.06. The molecule has 1 amide bonds. The van der Waals surface area contributed by atoms with Gasteiger partial charge in [-0.1, -0.05) is 0 Å². The molecule has 8 nitrogen and oxygen atoms in total. The molecule has 0 saturated carbocycles. The zero-order valence-corrected chi connectivity index (χ0v) is 15.3. The predicted octanol–water partition coefficient (Wildman–Crippen LogP) is 0.526. The van der Waals surface area contributed by atoms with Gasteiger partial charge in [0.1, 0.15) is 5.60 Å². The van der Waals surface area contributed by atoms with Crippen LogP contribution in [-0.2, 0) is 19.0 Å². The van der Waals surface area contributed by atoms with Crippen molar-refractivity contribution in [3.63, 3.8) is 0 Å². The molecule has 0 radical (unpaired) electrons. The second-order valence-electron chi connectivity index (χ2n) is 7.36. The summed E-state index contributed by atoms with van der Waals surface area (Å²) in [5, 5.41) is 13.1. The van der Waals surface area contributed by atoms with Crippen molar-refractivity contribution in [2.75, 3.05) is 39.9 Å². The zero-order valence-electron chi connectivity index (χ0n) is 15.3. The number of aliphatic hydroxyl groups is 1. The molecule has 1 aliphatic heterocycles. The largest absolute Gasteiger partial charge is 0.469 e. The van der Waals surface area contributed by atoms with Crippen LogP contribution in [0.4, 0.5) is 4.79 Å². The highest BCUT2D eigenvalue weighted by atomic mass is 16.6. The molecular formula is C16H30N2O6. The van der Waals surface area contributed by atoms with Crippen LogP contribution in [0.5, 0.6) is 0 Å². The Kier molecular flexibility index (Phi) is 7.44. The quantitative estimate of drug-likeness (QED) is 0.677. The van der Waals surface area contributed by atoms with Crippen molar-refractivity contribution < 1.29 is 28.9 Å². The molecule has 0 aromatic rings. The molecule has 0 aromatic heterocycles. The topological polar surface area (TPSA) is 97.3 Å². The minimum absolute atomic E-state index is 0.0704. The number of β-amino-alcohol motifs (C(OH)–C–C–N with tert-alkyl or cyclic N) is 1. The summed E-state index contributed by atoms with van der Waals surface area (Å²) in [5.74, 6) is -0.319. The van der Waals surface area contributed by atoms with Gasteiger partial charge >= 0.3 is 12.1 Å². The number of amides is 1. The molecule has 8 heteroatoms. The molecule has 1 fully saturated rings. The van der Waals surface area contributed by atoms with Crippen LogP contribution >= 0.6 is 0 Å². The lowest BCUT2D eigenvalue weighted by Gasteiger charge is -2.37. The second-order valence-corrected chi connectivity index (χ2v) is 7.36. The maximum absolute atomic E-state index is 11.7. The van der Waals surface area contributed by atoms with Crippen molar-refractivity contribution >= 4 is 12.1 Å². The lowest BCUT2D eigenvalue weighted by atomic mass is 10.1. The first-order chi connectivity index (χ1) is 11.0. The van der Waals surface area contributed by atoms with Gasteiger partial charge in [-0.15, -0.1) is 0 Å². The predicted molar refractivity (Wildman–Crippen MR) is 87.7 cm³/mol. The molecule has 1 rings (SSSR count). The number of carbonyl (C=O) groups excluding carboxylic acids is 2. The van der Waals surface area contributed by atoms with Crippen LogP contribution in [0.2, 0.25) is 0 Å². The fourth-order valence-corrected chi connectivity index (χ4v) is 2.43. The van der Waals surface area contributed by atoms with Crippen molar-refractivity contribution in [1.29, 1.82) is 0 Å². The summed E-state index contributed by atoms with van der Waals surface area (Å²) in [6, 6.07) is 0. The van der Waals surface area contributed by atoms with E-state index in [4.69, 9.17) is 9.47 Å². The summed E-state index contributed by atoms with van der Waals surface area (Å²) in [6.07, 6.45) is -0.625. The Labute approximate surface area is 143 Å². The van der Waals surface area contributed by atoms with E-state index in [2.05, 4.69) is 10.1 Å². The van der Waals surface area contributed by atoms with Crippen LogP contribution < -0.4 is 5.32 Å². The Morgan fingerprint density at radius 3 is 2.58 bits per heavy atom. The number of nitrogens with zero attached hydrogens (tertiary/aromatic N) is 1. The minimum atomic E-state index is -1.12. The van der Waals surface area contributed by atoms with E-state index in [-0.39, 0.29) is 25.0 Å². The monoisotopic (exact) mass is 346 g/mol. The molecule has 24 heavy (non-hydrogen) atoms. The standard InChI is InChI=1S/C16H30N2O6/c1-15(2,3)24-14(20)17-10-16(4,21)11-18-6-7-23-12(9-18)8-13(19)22-5/h12,21H,6-11H2,1-5H3,(H,17,20). The van der Waals surface area contributed by atoms with Gasteiger partial charge in [-0.3, -0.25) is 9.69 Å². The van der Waals surface area contributed by atoms with Crippen LogP contribution in [0.25, 0.3) is 0 Å². The minimum Gasteiger partial charge on any atom is -0.469 e. The van der Waals surface area contributed by atoms with Crippen LogP contribution in [0, 0.1) is 0 Å². The molecule has 2 atom stereocenters. The Bertz CT molecular complexity index is 433. The highest BCUT2D eigenvalue weighted by Crippen LogP contribution is 2.14. The molecule has 140 valence electrons. The average molecular weight is 346 g/mol. The first-order valence-corrected chi connectivity index (χ1v) is 8.11. The van der Waals surface area contributed by atoms with Gasteiger partial charge in [0.05, 0.1) is 38.4 Å². The van der Waals surface area contributed by atoms with Gasteiger partial charge < -0.3 is 24.6 Å². The van der Waals surface area contributed by atoms with E-state index in [1.54, 1.807) is 27.7 Å². The van der Waals surface area contributed by atoms with E-state index in [9.17, 15) is 14.7 Å². The van der Waals surface area contributed by atoms with Gasteiger partial charge in [0, 0.05) is 19.6 Å². The van der Waals surface area contributed by atoms with E-state index >= 15 is 0 Å². The van der Waals surface area contributed by atoms with Crippen molar-refractivity contribution in [3.8, 4) is 0 Å². The van der Waals surface area contributed by atoms with Crippen molar-refractivity contribution in [1.82, 2.24) is 10.2 Å². The SMILES string of the molecule is COC(=O)CC1CN(CC(C)(O)CNC(=O)OC(C)(C)C)CCO1. The smallest absolute Gasteiger partial charge is 0.407 e. The first-order valence-electron chi connectivity index (χ1n) is 8.11. The van der Waals surface area contributed by atoms with Gasteiger partial charge in [-0.05, 0) is 27.7 Å². The van der Waals surface area contributed by atoms with Crippen LogP contribution in [0.15, 0.2) is 0 Å². The summed E-state index contributed by atoms with van der Waals surface area (Å²) >= 11 is 0. The number of nitrogens with one attached hydrogen (secondary N) is 1. The number of ether oxygens (including phenoxy) is 3. The van der Waals surface area contributed by atoms with Crippen LogP contribution in [0.1, 0.15) is 34.1 Å². The molecule has 1 saturated heterocycles. The van der Waals surface area contributed by atoms with E-state index in [0.29, 0.717) is 26.2 Å². The number of morpholine rings is 1. The number of rotatable bonds is 6. The van der Waals surface area contributed by atoms with Crippen LogP contribution in [0.3, 0.4) is 0 Å². The number of alkyl carbamates (subject to hydrolysis) is 1. The Balaban J connectivity index is 2.42. The molecule has 0 aliphatic carbocycles. The molecule has 0 spiro atoms. The van der Waals surface area contributed by atoms with E-state index in [0.717, 1.165) is 0 Å². The fraction of sp³-hybridized carbons (Fsp3) is 0.875. The third-order valence-electron chi connectivity index (χ3n) is 3.42. The summed E-state index contributed by atoms with van der Waals surface area (Å²) in [5.41, 5.74) is -1.70. The number of esters is 1. The summed E-state index contributed by atoms with van der Waals surface area (Å²) in [4.78, 5) is 25.0. The third kappa shape index (κ3) is 8.47. The van der Waals surface area contributed by atoms with Gasteiger partial charge in [0.2, 0.25) is 0 Å². The maximum atomic E-state index is 11.7. The molecular weight excluding hydrogens is 316 g/mol. The van der Waals surface area contributed by atoms with E-state index in [1.165, 1.54) is 7.11 Å². The third-order valence-corrected chi connectivity index (χ3v) is 3.42. The first kappa shape index (κ1) is 20.7. The van der Waals surface area contributed by atoms with Gasteiger partial charge in [0.25, 0.3) is 0 Å². The maximum Gasteiger partial charge on any atom is 0.407 e.